The maximum atomic E-state index is 12.4. The number of hydrogen-bond donors (Lipinski definition) is 1. The van der Waals surface area contributed by atoms with Crippen molar-refractivity contribution in [2.75, 3.05) is 37.7 Å². The van der Waals surface area contributed by atoms with Gasteiger partial charge < -0.3 is 15.1 Å². The maximum Gasteiger partial charge on any atom is 0.317 e. The molecule has 0 aromatic heterocycles. The lowest BCUT2D eigenvalue weighted by Gasteiger charge is -2.36. The first kappa shape index (κ1) is 18.5. The molecule has 3 fully saturated rings. The van der Waals surface area contributed by atoms with Gasteiger partial charge in [-0.3, -0.25) is 4.79 Å². The average Bonchev–Trinajstić information content (AvgIpc) is 2.94. The van der Waals surface area contributed by atoms with E-state index in [2.05, 4.69) is 5.32 Å². The number of nitrogens with zero attached hydrogens (tertiary/aromatic N) is 2. The summed E-state index contributed by atoms with van der Waals surface area (Å²) in [5.74, 6) is 0.335. The summed E-state index contributed by atoms with van der Waals surface area (Å²) in [6, 6.07) is 0.283. The second-order valence-electron chi connectivity index (χ2n) is 7.63. The van der Waals surface area contributed by atoms with E-state index < -0.39 is 9.84 Å². The Balaban J connectivity index is 1.40. The number of hydrogen-bond acceptors (Lipinski definition) is 4. The molecule has 0 spiro atoms. The molecule has 1 unspecified atom stereocenters. The second kappa shape index (κ2) is 7.93. The van der Waals surface area contributed by atoms with E-state index in [0.29, 0.717) is 45.1 Å². The van der Waals surface area contributed by atoms with Gasteiger partial charge in [-0.15, -0.1) is 0 Å². The van der Waals surface area contributed by atoms with Gasteiger partial charge in [-0.1, -0.05) is 19.3 Å². The topological polar surface area (TPSA) is 86.8 Å². The first-order chi connectivity index (χ1) is 11.9. The molecule has 2 saturated heterocycles. The van der Waals surface area contributed by atoms with Gasteiger partial charge in [0.2, 0.25) is 5.91 Å². The number of carbonyl (C=O) groups excluding carboxylic acids is 2. The molecule has 1 saturated carbocycles. The van der Waals surface area contributed by atoms with E-state index in [1.54, 1.807) is 9.80 Å². The predicted octanol–water partition coefficient (Wildman–Crippen LogP) is 0.998. The summed E-state index contributed by atoms with van der Waals surface area (Å²) < 4.78 is 23.0. The largest absolute Gasteiger partial charge is 0.339 e. The van der Waals surface area contributed by atoms with Gasteiger partial charge in [0.15, 0.2) is 9.84 Å². The Kier molecular flexibility index (Phi) is 5.86. The zero-order chi connectivity index (χ0) is 17.9. The highest BCUT2D eigenvalue weighted by Gasteiger charge is 2.32. The van der Waals surface area contributed by atoms with Gasteiger partial charge in [0.05, 0.1) is 11.5 Å². The van der Waals surface area contributed by atoms with Crippen molar-refractivity contribution in [1.82, 2.24) is 15.1 Å². The molecule has 3 amide bonds. The molecule has 0 radical (unpaired) electrons. The van der Waals surface area contributed by atoms with Crippen molar-refractivity contribution in [2.45, 2.75) is 51.0 Å². The van der Waals surface area contributed by atoms with Gasteiger partial charge >= 0.3 is 6.03 Å². The highest BCUT2D eigenvalue weighted by atomic mass is 32.2. The molecule has 1 aliphatic carbocycles. The second-order valence-corrected chi connectivity index (χ2v) is 9.85. The molecule has 142 valence electrons. The molecule has 0 bridgehead atoms. The van der Waals surface area contributed by atoms with Crippen LogP contribution in [0.3, 0.4) is 0 Å². The summed E-state index contributed by atoms with van der Waals surface area (Å²) >= 11 is 0. The highest BCUT2D eigenvalue weighted by Crippen LogP contribution is 2.23. The smallest absolute Gasteiger partial charge is 0.317 e. The van der Waals surface area contributed by atoms with Crippen LogP contribution in [-0.2, 0) is 14.6 Å². The normalized spacial score (nSPS) is 27.3. The number of nitrogens with one attached hydrogen (secondary N) is 1. The van der Waals surface area contributed by atoms with E-state index in [-0.39, 0.29) is 29.4 Å². The van der Waals surface area contributed by atoms with Crippen LogP contribution < -0.4 is 5.32 Å². The number of rotatable bonds is 3. The van der Waals surface area contributed by atoms with Crippen molar-refractivity contribution in [2.24, 2.45) is 5.92 Å². The molecule has 0 aromatic rings. The quantitative estimate of drug-likeness (QED) is 0.802. The number of piperazine rings is 1. The minimum atomic E-state index is -2.94. The average molecular weight is 372 g/mol. The fourth-order valence-electron chi connectivity index (χ4n) is 4.08. The van der Waals surface area contributed by atoms with Crippen molar-refractivity contribution in [3.05, 3.63) is 0 Å². The molecule has 1 N–H and O–H groups in total. The summed E-state index contributed by atoms with van der Waals surface area (Å²) in [7, 11) is -2.94. The summed E-state index contributed by atoms with van der Waals surface area (Å²) in [6.07, 6.45) is 6.66. The van der Waals surface area contributed by atoms with Gasteiger partial charge in [-0.05, 0) is 25.2 Å². The minimum absolute atomic E-state index is 0.0131. The number of carbonyl (C=O) groups is 2. The Morgan fingerprint density at radius 3 is 2.16 bits per heavy atom. The lowest BCUT2D eigenvalue weighted by molar-refractivity contribution is -0.133. The van der Waals surface area contributed by atoms with Crippen LogP contribution in [0.15, 0.2) is 0 Å². The Bertz CT molecular complexity index is 593. The van der Waals surface area contributed by atoms with Gasteiger partial charge in [-0.2, -0.15) is 0 Å². The lowest BCUT2D eigenvalue weighted by atomic mass is 9.96. The third-order valence-corrected chi connectivity index (χ3v) is 7.48. The monoisotopic (exact) mass is 371 g/mol. The van der Waals surface area contributed by atoms with Crippen molar-refractivity contribution in [1.29, 1.82) is 0 Å². The van der Waals surface area contributed by atoms with Crippen LogP contribution in [0.4, 0.5) is 4.79 Å². The fraction of sp³-hybridized carbons (Fsp3) is 0.882. The molecule has 3 aliphatic rings. The molecule has 1 atom stereocenters. The van der Waals surface area contributed by atoms with E-state index in [1.807, 2.05) is 0 Å². The number of sulfone groups is 1. The Morgan fingerprint density at radius 1 is 0.920 bits per heavy atom. The van der Waals surface area contributed by atoms with Crippen LogP contribution in [0.1, 0.15) is 44.9 Å². The Labute approximate surface area is 150 Å². The van der Waals surface area contributed by atoms with Crippen molar-refractivity contribution >= 4 is 21.8 Å². The summed E-state index contributed by atoms with van der Waals surface area (Å²) in [5, 5.41) is 3.12. The third kappa shape index (κ3) is 5.09. The van der Waals surface area contributed by atoms with Gasteiger partial charge in [0.25, 0.3) is 0 Å². The van der Waals surface area contributed by atoms with Crippen LogP contribution in [-0.4, -0.2) is 73.9 Å². The van der Waals surface area contributed by atoms with Crippen molar-refractivity contribution < 1.29 is 18.0 Å². The van der Waals surface area contributed by atoms with Crippen LogP contribution in [0.25, 0.3) is 0 Å². The molecule has 25 heavy (non-hydrogen) atoms. The van der Waals surface area contributed by atoms with Crippen LogP contribution >= 0.6 is 0 Å². The molecular weight excluding hydrogens is 342 g/mol. The first-order valence-electron chi connectivity index (χ1n) is 9.46. The molecule has 8 heteroatoms. The Hall–Kier alpha value is -1.31. The van der Waals surface area contributed by atoms with Gasteiger partial charge in [0, 0.05) is 38.6 Å². The standard InChI is InChI=1S/C17H29N3O4S/c21-16(12-14-6-11-25(23,24)13-14)19-7-9-20(10-8-19)17(22)18-15-4-2-1-3-5-15/h14-15H,1-13H2,(H,18,22). The number of amides is 3. The van der Waals surface area contributed by atoms with Crippen LogP contribution in [0.2, 0.25) is 0 Å². The van der Waals surface area contributed by atoms with E-state index >= 15 is 0 Å². The van der Waals surface area contributed by atoms with E-state index in [4.69, 9.17) is 0 Å². The third-order valence-electron chi connectivity index (χ3n) is 5.64. The van der Waals surface area contributed by atoms with Crippen molar-refractivity contribution in [3.63, 3.8) is 0 Å². The minimum Gasteiger partial charge on any atom is -0.339 e. The molecule has 7 nitrogen and oxygen atoms in total. The lowest BCUT2D eigenvalue weighted by Crippen LogP contribution is -2.54. The van der Waals surface area contributed by atoms with Crippen LogP contribution in [0, 0.1) is 5.92 Å². The SMILES string of the molecule is O=C(CC1CCS(=O)(=O)C1)N1CCN(C(=O)NC2CCCCC2)CC1. The summed E-state index contributed by atoms with van der Waals surface area (Å²) in [6.45, 7) is 2.17. The summed E-state index contributed by atoms with van der Waals surface area (Å²) in [4.78, 5) is 28.3. The first-order valence-corrected chi connectivity index (χ1v) is 11.3. The van der Waals surface area contributed by atoms with E-state index in [9.17, 15) is 18.0 Å². The predicted molar refractivity (Wildman–Crippen MR) is 94.9 cm³/mol. The molecule has 2 heterocycles. The van der Waals surface area contributed by atoms with Gasteiger partial charge in [-0.25, -0.2) is 13.2 Å². The summed E-state index contributed by atoms with van der Waals surface area (Å²) in [5.41, 5.74) is 0. The van der Waals surface area contributed by atoms with E-state index in [1.165, 1.54) is 19.3 Å². The molecule has 2 aliphatic heterocycles. The fourth-order valence-corrected chi connectivity index (χ4v) is 5.94. The maximum absolute atomic E-state index is 12.4. The highest BCUT2D eigenvalue weighted by molar-refractivity contribution is 7.91. The zero-order valence-electron chi connectivity index (χ0n) is 14.8. The molecule has 0 aromatic carbocycles. The Morgan fingerprint density at radius 2 is 1.56 bits per heavy atom. The van der Waals surface area contributed by atoms with Gasteiger partial charge in [0.1, 0.15) is 0 Å². The van der Waals surface area contributed by atoms with E-state index in [0.717, 1.165) is 12.8 Å². The number of urea groups is 1. The zero-order valence-corrected chi connectivity index (χ0v) is 15.6. The van der Waals surface area contributed by atoms with Crippen molar-refractivity contribution in [3.8, 4) is 0 Å². The van der Waals surface area contributed by atoms with Crippen LogP contribution in [0.5, 0.6) is 0 Å². The molecular formula is C17H29N3O4S. The molecule has 3 rings (SSSR count).